The largest absolute Gasteiger partial charge is 0.330 e. The quantitative estimate of drug-likeness (QED) is 0.768. The molecule has 0 bridgehead atoms. The molecule has 18 heavy (non-hydrogen) atoms. The van der Waals surface area contributed by atoms with E-state index in [2.05, 4.69) is 42.9 Å². The Labute approximate surface area is 111 Å². The SMILES string of the molecule is CC(C)CC(CN)CN(C)CCc1ccncc1. The van der Waals surface area contributed by atoms with E-state index in [1.54, 1.807) is 0 Å². The van der Waals surface area contributed by atoms with Gasteiger partial charge in [0.1, 0.15) is 0 Å². The number of nitrogens with zero attached hydrogens (tertiary/aromatic N) is 2. The molecule has 1 aromatic heterocycles. The maximum Gasteiger partial charge on any atom is 0.0270 e. The number of nitrogens with two attached hydrogens (primary N) is 1. The summed E-state index contributed by atoms with van der Waals surface area (Å²) in [4.78, 5) is 6.43. The average Bonchev–Trinajstić information content (AvgIpc) is 2.36. The summed E-state index contributed by atoms with van der Waals surface area (Å²) in [6, 6.07) is 4.17. The molecule has 0 aromatic carbocycles. The lowest BCUT2D eigenvalue weighted by atomic mass is 9.96. The van der Waals surface area contributed by atoms with Crippen LogP contribution in [0.5, 0.6) is 0 Å². The molecule has 1 unspecified atom stereocenters. The number of hydrogen-bond acceptors (Lipinski definition) is 3. The summed E-state index contributed by atoms with van der Waals surface area (Å²) in [6.45, 7) is 7.50. The first-order valence-corrected chi connectivity index (χ1v) is 6.89. The Morgan fingerprint density at radius 1 is 1.28 bits per heavy atom. The lowest BCUT2D eigenvalue weighted by Gasteiger charge is -2.24. The van der Waals surface area contributed by atoms with Crippen molar-refractivity contribution in [1.29, 1.82) is 0 Å². The van der Waals surface area contributed by atoms with Crippen LogP contribution in [-0.4, -0.2) is 36.6 Å². The van der Waals surface area contributed by atoms with Crippen LogP contribution in [0.3, 0.4) is 0 Å². The predicted octanol–water partition coefficient (Wildman–Crippen LogP) is 2.18. The minimum Gasteiger partial charge on any atom is -0.330 e. The van der Waals surface area contributed by atoms with E-state index >= 15 is 0 Å². The molecule has 0 aliphatic rings. The summed E-state index contributed by atoms with van der Waals surface area (Å²) in [7, 11) is 2.18. The van der Waals surface area contributed by atoms with Crippen molar-refractivity contribution in [2.75, 3.05) is 26.7 Å². The molecule has 2 N–H and O–H groups in total. The van der Waals surface area contributed by atoms with Gasteiger partial charge in [-0.05, 0) is 56.0 Å². The molecule has 0 aliphatic carbocycles. The second-order valence-corrected chi connectivity index (χ2v) is 5.60. The van der Waals surface area contributed by atoms with Gasteiger partial charge in [-0.15, -0.1) is 0 Å². The van der Waals surface area contributed by atoms with Gasteiger partial charge < -0.3 is 10.6 Å². The zero-order valence-corrected chi connectivity index (χ0v) is 12.0. The van der Waals surface area contributed by atoms with Crippen molar-refractivity contribution < 1.29 is 0 Å². The Morgan fingerprint density at radius 2 is 1.94 bits per heavy atom. The molecule has 1 rings (SSSR count). The zero-order valence-electron chi connectivity index (χ0n) is 12.0. The van der Waals surface area contributed by atoms with Crippen LogP contribution >= 0.6 is 0 Å². The van der Waals surface area contributed by atoms with Gasteiger partial charge in [0.2, 0.25) is 0 Å². The molecule has 1 aromatic rings. The minimum atomic E-state index is 0.618. The van der Waals surface area contributed by atoms with Crippen LogP contribution in [0.1, 0.15) is 25.8 Å². The lowest BCUT2D eigenvalue weighted by Crippen LogP contribution is -2.32. The van der Waals surface area contributed by atoms with Crippen molar-refractivity contribution in [3.8, 4) is 0 Å². The van der Waals surface area contributed by atoms with Gasteiger partial charge in [0, 0.05) is 25.5 Å². The normalized spacial score (nSPS) is 13.2. The molecule has 0 radical (unpaired) electrons. The third kappa shape index (κ3) is 6.12. The number of aromatic nitrogens is 1. The van der Waals surface area contributed by atoms with Crippen LogP contribution in [0.4, 0.5) is 0 Å². The van der Waals surface area contributed by atoms with Crippen LogP contribution in [0.25, 0.3) is 0 Å². The molecular weight excluding hydrogens is 222 g/mol. The molecule has 1 atom stereocenters. The third-order valence-electron chi connectivity index (χ3n) is 3.24. The van der Waals surface area contributed by atoms with Crippen molar-refractivity contribution in [1.82, 2.24) is 9.88 Å². The van der Waals surface area contributed by atoms with E-state index in [0.29, 0.717) is 5.92 Å². The first-order valence-electron chi connectivity index (χ1n) is 6.89. The molecule has 0 saturated heterocycles. The van der Waals surface area contributed by atoms with Gasteiger partial charge in [-0.1, -0.05) is 13.8 Å². The maximum atomic E-state index is 5.84. The first kappa shape index (κ1) is 15.1. The first-order chi connectivity index (χ1) is 8.61. The minimum absolute atomic E-state index is 0.618. The maximum absolute atomic E-state index is 5.84. The van der Waals surface area contributed by atoms with Gasteiger partial charge in [-0.3, -0.25) is 4.98 Å². The molecule has 0 fully saturated rings. The fraction of sp³-hybridized carbons (Fsp3) is 0.667. The topological polar surface area (TPSA) is 42.1 Å². The fourth-order valence-electron chi connectivity index (χ4n) is 2.31. The van der Waals surface area contributed by atoms with Crippen LogP contribution in [0.15, 0.2) is 24.5 Å². The Hall–Kier alpha value is -0.930. The molecule has 3 heteroatoms. The summed E-state index contributed by atoms with van der Waals surface area (Å²) in [5, 5.41) is 0. The standard InChI is InChI=1S/C15H27N3/c1-13(2)10-15(11-16)12-18(3)9-6-14-4-7-17-8-5-14/h4-5,7-8,13,15H,6,9-12,16H2,1-3H3. The Bertz CT molecular complexity index is 311. The van der Waals surface area contributed by atoms with Crippen molar-refractivity contribution in [3.05, 3.63) is 30.1 Å². The number of hydrogen-bond donors (Lipinski definition) is 1. The molecule has 0 amide bonds. The van der Waals surface area contributed by atoms with Gasteiger partial charge in [-0.2, -0.15) is 0 Å². The zero-order chi connectivity index (χ0) is 13.4. The van der Waals surface area contributed by atoms with E-state index in [0.717, 1.165) is 32.0 Å². The number of rotatable bonds is 8. The van der Waals surface area contributed by atoms with Crippen molar-refractivity contribution in [3.63, 3.8) is 0 Å². The molecule has 0 aliphatic heterocycles. The smallest absolute Gasteiger partial charge is 0.0270 e. The van der Waals surface area contributed by atoms with E-state index in [1.165, 1.54) is 12.0 Å². The highest BCUT2D eigenvalue weighted by Gasteiger charge is 2.11. The second-order valence-electron chi connectivity index (χ2n) is 5.60. The Balaban J connectivity index is 2.30. The van der Waals surface area contributed by atoms with E-state index in [4.69, 9.17) is 5.73 Å². The van der Waals surface area contributed by atoms with Gasteiger partial charge in [0.05, 0.1) is 0 Å². The number of pyridine rings is 1. The van der Waals surface area contributed by atoms with E-state index in [-0.39, 0.29) is 0 Å². The average molecular weight is 249 g/mol. The van der Waals surface area contributed by atoms with Gasteiger partial charge >= 0.3 is 0 Å². The highest BCUT2D eigenvalue weighted by Crippen LogP contribution is 2.11. The molecule has 102 valence electrons. The highest BCUT2D eigenvalue weighted by atomic mass is 15.1. The van der Waals surface area contributed by atoms with Gasteiger partial charge in [0.15, 0.2) is 0 Å². The highest BCUT2D eigenvalue weighted by molar-refractivity contribution is 5.09. The van der Waals surface area contributed by atoms with Crippen LogP contribution in [0, 0.1) is 11.8 Å². The summed E-state index contributed by atoms with van der Waals surface area (Å²) in [6.07, 6.45) is 6.02. The van der Waals surface area contributed by atoms with Crippen LogP contribution in [0.2, 0.25) is 0 Å². The van der Waals surface area contributed by atoms with Crippen LogP contribution in [-0.2, 0) is 6.42 Å². The van der Waals surface area contributed by atoms with E-state index < -0.39 is 0 Å². The Kier molecular flexibility index (Phi) is 6.91. The third-order valence-corrected chi connectivity index (χ3v) is 3.24. The number of likely N-dealkylation sites (N-methyl/N-ethyl adjacent to an activating group) is 1. The second kappa shape index (κ2) is 8.22. The van der Waals surface area contributed by atoms with Crippen molar-refractivity contribution in [2.24, 2.45) is 17.6 Å². The lowest BCUT2D eigenvalue weighted by molar-refractivity contribution is 0.258. The molecule has 1 heterocycles. The molecule has 3 nitrogen and oxygen atoms in total. The summed E-state index contributed by atoms with van der Waals surface area (Å²) in [5.41, 5.74) is 7.19. The summed E-state index contributed by atoms with van der Waals surface area (Å²) >= 11 is 0. The monoisotopic (exact) mass is 249 g/mol. The Morgan fingerprint density at radius 3 is 2.50 bits per heavy atom. The summed E-state index contributed by atoms with van der Waals surface area (Å²) < 4.78 is 0. The predicted molar refractivity (Wildman–Crippen MR) is 77.4 cm³/mol. The molecule has 0 saturated carbocycles. The van der Waals surface area contributed by atoms with Gasteiger partial charge in [0.25, 0.3) is 0 Å². The van der Waals surface area contributed by atoms with Crippen molar-refractivity contribution in [2.45, 2.75) is 26.7 Å². The van der Waals surface area contributed by atoms with E-state index in [9.17, 15) is 0 Å². The van der Waals surface area contributed by atoms with E-state index in [1.807, 2.05) is 12.4 Å². The fourth-order valence-corrected chi connectivity index (χ4v) is 2.31. The molecule has 0 spiro atoms. The van der Waals surface area contributed by atoms with Crippen molar-refractivity contribution >= 4 is 0 Å². The van der Waals surface area contributed by atoms with Gasteiger partial charge in [-0.25, -0.2) is 0 Å². The van der Waals surface area contributed by atoms with Crippen LogP contribution < -0.4 is 5.73 Å². The summed E-state index contributed by atoms with van der Waals surface area (Å²) in [5.74, 6) is 1.35. The molecular formula is C15H27N3.